The Hall–Kier alpha value is -0.850. The highest BCUT2D eigenvalue weighted by atomic mass is 14.6. The van der Waals surface area contributed by atoms with Gasteiger partial charge in [0.15, 0.2) is 0 Å². The Kier molecular flexibility index (Phi) is 1.65. The molecular weight excluding hydrogens is 134 g/mol. The Labute approximate surface area is 67.5 Å². The van der Waals surface area contributed by atoms with Gasteiger partial charge in [0, 0.05) is 12.4 Å². The lowest BCUT2D eigenvalue weighted by molar-refractivity contribution is 0.655. The molecule has 2 rings (SSSR count). The summed E-state index contributed by atoms with van der Waals surface area (Å²) in [4.78, 5) is 4.15. The normalized spacial score (nSPS) is 21.7. The Balaban J connectivity index is 2.39. The molecular formula is C10H13N. The predicted molar refractivity (Wildman–Crippen MR) is 45.6 cm³/mol. The number of aryl methyl sites for hydroxylation is 1. The first kappa shape index (κ1) is 6.84. The zero-order valence-electron chi connectivity index (χ0n) is 6.88. The third kappa shape index (κ3) is 1.05. The van der Waals surface area contributed by atoms with Crippen molar-refractivity contribution in [2.75, 3.05) is 0 Å². The zero-order chi connectivity index (χ0) is 7.68. The van der Waals surface area contributed by atoms with Crippen LogP contribution in [0, 0.1) is 0 Å². The smallest absolute Gasteiger partial charge is 0.0305 e. The first-order valence-electron chi connectivity index (χ1n) is 4.34. The van der Waals surface area contributed by atoms with Gasteiger partial charge in [-0.1, -0.05) is 6.92 Å². The third-order valence-electron chi connectivity index (χ3n) is 2.64. The van der Waals surface area contributed by atoms with Gasteiger partial charge in [0.2, 0.25) is 0 Å². The van der Waals surface area contributed by atoms with E-state index in [9.17, 15) is 0 Å². The van der Waals surface area contributed by atoms with E-state index in [1.807, 2.05) is 12.4 Å². The Morgan fingerprint density at radius 1 is 1.64 bits per heavy atom. The van der Waals surface area contributed by atoms with Crippen LogP contribution in [-0.2, 0) is 6.42 Å². The molecule has 0 amide bonds. The lowest BCUT2D eigenvalue weighted by Crippen LogP contribution is -1.90. The van der Waals surface area contributed by atoms with Crippen LogP contribution in [0.2, 0.25) is 0 Å². The molecule has 0 bridgehead atoms. The maximum absolute atomic E-state index is 4.15. The first-order valence-corrected chi connectivity index (χ1v) is 4.34. The summed E-state index contributed by atoms with van der Waals surface area (Å²) < 4.78 is 0. The predicted octanol–water partition coefficient (Wildman–Crippen LogP) is 2.52. The molecule has 58 valence electrons. The molecule has 11 heavy (non-hydrogen) atoms. The van der Waals surface area contributed by atoms with Crippen molar-refractivity contribution in [1.82, 2.24) is 4.98 Å². The SMILES string of the molecule is CCC1CCc2ccncc21. The minimum Gasteiger partial charge on any atom is -0.264 e. The van der Waals surface area contributed by atoms with Gasteiger partial charge >= 0.3 is 0 Å². The van der Waals surface area contributed by atoms with E-state index in [2.05, 4.69) is 18.0 Å². The monoisotopic (exact) mass is 147 g/mol. The molecule has 1 aromatic rings. The number of nitrogens with zero attached hydrogens (tertiary/aromatic N) is 1. The van der Waals surface area contributed by atoms with Crippen molar-refractivity contribution < 1.29 is 0 Å². The molecule has 1 aliphatic rings. The fourth-order valence-corrected chi connectivity index (χ4v) is 1.94. The van der Waals surface area contributed by atoms with Gasteiger partial charge in [-0.05, 0) is 42.4 Å². The van der Waals surface area contributed by atoms with E-state index in [4.69, 9.17) is 0 Å². The van der Waals surface area contributed by atoms with E-state index in [-0.39, 0.29) is 0 Å². The first-order chi connectivity index (χ1) is 5.42. The highest BCUT2D eigenvalue weighted by molar-refractivity contribution is 5.31. The number of pyridine rings is 1. The van der Waals surface area contributed by atoms with Gasteiger partial charge in [0.1, 0.15) is 0 Å². The van der Waals surface area contributed by atoms with Crippen LogP contribution in [0.4, 0.5) is 0 Å². The fraction of sp³-hybridized carbons (Fsp3) is 0.500. The van der Waals surface area contributed by atoms with E-state index in [1.54, 1.807) is 0 Å². The lowest BCUT2D eigenvalue weighted by Gasteiger charge is -2.05. The topological polar surface area (TPSA) is 12.9 Å². The Morgan fingerprint density at radius 2 is 2.55 bits per heavy atom. The van der Waals surface area contributed by atoms with Gasteiger partial charge < -0.3 is 0 Å². The highest BCUT2D eigenvalue weighted by Gasteiger charge is 2.19. The molecule has 1 unspecified atom stereocenters. The maximum atomic E-state index is 4.15. The molecule has 1 heterocycles. The van der Waals surface area contributed by atoms with E-state index < -0.39 is 0 Å². The van der Waals surface area contributed by atoms with Crippen molar-refractivity contribution in [3.05, 3.63) is 29.6 Å². The summed E-state index contributed by atoms with van der Waals surface area (Å²) in [5.41, 5.74) is 3.02. The van der Waals surface area contributed by atoms with Crippen LogP contribution in [-0.4, -0.2) is 4.98 Å². The third-order valence-corrected chi connectivity index (χ3v) is 2.64. The summed E-state index contributed by atoms with van der Waals surface area (Å²) in [5.74, 6) is 0.790. The van der Waals surface area contributed by atoms with Crippen molar-refractivity contribution in [1.29, 1.82) is 0 Å². The van der Waals surface area contributed by atoms with Crippen LogP contribution in [0.5, 0.6) is 0 Å². The summed E-state index contributed by atoms with van der Waals surface area (Å²) in [5, 5.41) is 0. The molecule has 1 aliphatic carbocycles. The lowest BCUT2D eigenvalue weighted by atomic mass is 10.0. The number of hydrogen-bond acceptors (Lipinski definition) is 1. The zero-order valence-corrected chi connectivity index (χ0v) is 6.88. The second kappa shape index (κ2) is 2.65. The van der Waals surface area contributed by atoms with Crippen LogP contribution < -0.4 is 0 Å². The number of hydrogen-bond donors (Lipinski definition) is 0. The van der Waals surface area contributed by atoms with Gasteiger partial charge in [-0.15, -0.1) is 0 Å². The van der Waals surface area contributed by atoms with E-state index in [0.29, 0.717) is 0 Å². The van der Waals surface area contributed by atoms with E-state index in [1.165, 1.54) is 30.4 Å². The molecule has 0 aliphatic heterocycles. The number of rotatable bonds is 1. The van der Waals surface area contributed by atoms with Crippen molar-refractivity contribution in [3.63, 3.8) is 0 Å². The maximum Gasteiger partial charge on any atom is 0.0305 e. The fourth-order valence-electron chi connectivity index (χ4n) is 1.94. The van der Waals surface area contributed by atoms with Crippen LogP contribution in [0.3, 0.4) is 0 Å². The van der Waals surface area contributed by atoms with E-state index in [0.717, 1.165) is 5.92 Å². The molecule has 0 radical (unpaired) electrons. The molecule has 1 atom stereocenters. The van der Waals surface area contributed by atoms with Crippen LogP contribution in [0.1, 0.15) is 36.8 Å². The van der Waals surface area contributed by atoms with Crippen molar-refractivity contribution in [3.8, 4) is 0 Å². The summed E-state index contributed by atoms with van der Waals surface area (Å²) in [6, 6.07) is 2.16. The molecule has 1 aromatic heterocycles. The largest absolute Gasteiger partial charge is 0.264 e. The molecule has 0 fully saturated rings. The molecule has 0 saturated heterocycles. The highest BCUT2D eigenvalue weighted by Crippen LogP contribution is 2.33. The van der Waals surface area contributed by atoms with Crippen molar-refractivity contribution in [2.24, 2.45) is 0 Å². The second-order valence-corrected chi connectivity index (χ2v) is 3.22. The van der Waals surface area contributed by atoms with Gasteiger partial charge in [-0.25, -0.2) is 0 Å². The summed E-state index contributed by atoms with van der Waals surface area (Å²) >= 11 is 0. The van der Waals surface area contributed by atoms with Gasteiger partial charge in [-0.2, -0.15) is 0 Å². The second-order valence-electron chi connectivity index (χ2n) is 3.22. The molecule has 0 aromatic carbocycles. The molecule has 0 saturated carbocycles. The molecule has 1 heteroatoms. The van der Waals surface area contributed by atoms with Crippen LogP contribution in [0.25, 0.3) is 0 Å². The van der Waals surface area contributed by atoms with Crippen molar-refractivity contribution >= 4 is 0 Å². The number of fused-ring (bicyclic) bond motifs is 1. The average Bonchev–Trinajstić information content (AvgIpc) is 2.47. The molecule has 0 spiro atoms. The summed E-state index contributed by atoms with van der Waals surface area (Å²) in [6.45, 7) is 2.26. The number of aromatic nitrogens is 1. The molecule has 1 nitrogen and oxygen atoms in total. The van der Waals surface area contributed by atoms with Crippen LogP contribution >= 0.6 is 0 Å². The van der Waals surface area contributed by atoms with Crippen LogP contribution in [0.15, 0.2) is 18.5 Å². The van der Waals surface area contributed by atoms with Gasteiger partial charge in [0.05, 0.1) is 0 Å². The summed E-state index contributed by atoms with van der Waals surface area (Å²) in [6.07, 6.45) is 7.79. The standard InChI is InChI=1S/C10H13N/c1-2-8-3-4-9-5-6-11-7-10(8)9/h5-8H,2-4H2,1H3. The minimum atomic E-state index is 0.790. The Bertz CT molecular complexity index is 255. The quantitative estimate of drug-likeness (QED) is 0.594. The van der Waals surface area contributed by atoms with Crippen molar-refractivity contribution in [2.45, 2.75) is 32.1 Å². The van der Waals surface area contributed by atoms with Gasteiger partial charge in [0.25, 0.3) is 0 Å². The Morgan fingerprint density at radius 3 is 3.36 bits per heavy atom. The molecule has 0 N–H and O–H groups in total. The van der Waals surface area contributed by atoms with Gasteiger partial charge in [-0.3, -0.25) is 4.98 Å². The average molecular weight is 147 g/mol. The minimum absolute atomic E-state index is 0.790. The summed E-state index contributed by atoms with van der Waals surface area (Å²) in [7, 11) is 0. The van der Waals surface area contributed by atoms with E-state index >= 15 is 0 Å².